The Labute approximate surface area is 157 Å². The van der Waals surface area contributed by atoms with Crippen molar-refractivity contribution in [1.29, 1.82) is 0 Å². The molecule has 140 valence electrons. The fourth-order valence-electron chi connectivity index (χ4n) is 2.27. The van der Waals surface area contributed by atoms with E-state index in [-0.39, 0.29) is 22.4 Å². The van der Waals surface area contributed by atoms with Gasteiger partial charge in [0.2, 0.25) is 0 Å². The molecule has 0 fully saturated rings. The molecule has 3 aromatic rings. The molecule has 0 aliphatic carbocycles. The SMILES string of the molecule is COc1ccc(-c2nnc(SCC(=O)c3cc(F)ccc3F)o2)c(OC)c1. The minimum absolute atomic E-state index is 0.119. The average Bonchev–Trinajstić information content (AvgIpc) is 3.16. The number of rotatable bonds is 7. The number of hydrogen-bond acceptors (Lipinski definition) is 7. The van der Waals surface area contributed by atoms with Crippen LogP contribution >= 0.6 is 11.8 Å². The summed E-state index contributed by atoms with van der Waals surface area (Å²) in [5, 5.41) is 7.90. The topological polar surface area (TPSA) is 74.5 Å². The molecule has 3 rings (SSSR count). The number of ketones is 1. The maximum absolute atomic E-state index is 13.6. The number of halogens is 2. The Kier molecular flexibility index (Phi) is 5.70. The van der Waals surface area contributed by atoms with Crippen molar-refractivity contribution in [2.45, 2.75) is 5.22 Å². The van der Waals surface area contributed by atoms with Gasteiger partial charge in [0.05, 0.1) is 31.1 Å². The zero-order valence-electron chi connectivity index (χ0n) is 14.4. The molecule has 0 unspecified atom stereocenters. The molecule has 0 N–H and O–H groups in total. The van der Waals surface area contributed by atoms with Crippen LogP contribution in [0.25, 0.3) is 11.5 Å². The Morgan fingerprint density at radius 3 is 2.67 bits per heavy atom. The summed E-state index contributed by atoms with van der Waals surface area (Å²) in [4.78, 5) is 12.1. The first-order valence-corrected chi connectivity index (χ1v) is 8.67. The summed E-state index contributed by atoms with van der Waals surface area (Å²) in [5.41, 5.74) is 0.235. The third kappa shape index (κ3) is 4.25. The number of methoxy groups -OCH3 is 2. The highest BCUT2D eigenvalue weighted by molar-refractivity contribution is 7.99. The van der Waals surface area contributed by atoms with E-state index in [1.165, 1.54) is 14.2 Å². The van der Waals surface area contributed by atoms with Gasteiger partial charge in [-0.2, -0.15) is 0 Å². The van der Waals surface area contributed by atoms with Crippen LogP contribution in [0.5, 0.6) is 11.5 Å². The van der Waals surface area contributed by atoms with Gasteiger partial charge < -0.3 is 13.9 Å². The van der Waals surface area contributed by atoms with E-state index in [1.54, 1.807) is 18.2 Å². The Balaban J connectivity index is 1.73. The fraction of sp³-hybridized carbons (Fsp3) is 0.167. The Hall–Kier alpha value is -2.94. The number of benzene rings is 2. The average molecular weight is 392 g/mol. The molecule has 0 radical (unpaired) electrons. The first-order chi connectivity index (χ1) is 13.0. The van der Waals surface area contributed by atoms with E-state index in [1.807, 2.05) is 0 Å². The van der Waals surface area contributed by atoms with Crippen molar-refractivity contribution in [2.24, 2.45) is 0 Å². The number of ether oxygens (including phenoxy) is 2. The summed E-state index contributed by atoms with van der Waals surface area (Å²) in [6.07, 6.45) is 0. The lowest BCUT2D eigenvalue weighted by molar-refractivity contribution is 0.101. The van der Waals surface area contributed by atoms with E-state index in [2.05, 4.69) is 10.2 Å². The molecular formula is C18H14F2N2O4S. The second-order valence-electron chi connectivity index (χ2n) is 5.28. The molecule has 0 aliphatic heterocycles. The van der Waals surface area contributed by atoms with Crippen molar-refractivity contribution >= 4 is 17.5 Å². The predicted molar refractivity (Wildman–Crippen MR) is 94.3 cm³/mol. The molecule has 1 heterocycles. The van der Waals surface area contributed by atoms with E-state index in [0.717, 1.165) is 30.0 Å². The van der Waals surface area contributed by atoms with Crippen molar-refractivity contribution < 1.29 is 27.5 Å². The van der Waals surface area contributed by atoms with Gasteiger partial charge in [-0.25, -0.2) is 8.78 Å². The molecule has 0 aliphatic rings. The lowest BCUT2D eigenvalue weighted by atomic mass is 10.1. The summed E-state index contributed by atoms with van der Waals surface area (Å²) in [7, 11) is 3.03. The molecule has 0 amide bonds. The van der Waals surface area contributed by atoms with E-state index < -0.39 is 17.4 Å². The molecule has 0 spiro atoms. The lowest BCUT2D eigenvalue weighted by Gasteiger charge is -2.07. The molecule has 1 aromatic heterocycles. The summed E-state index contributed by atoms with van der Waals surface area (Å²) in [5.74, 6) is -0.949. The number of Topliss-reactive ketones (excluding diaryl/α,β-unsaturated/α-hetero) is 1. The number of hydrogen-bond donors (Lipinski definition) is 0. The Morgan fingerprint density at radius 2 is 1.93 bits per heavy atom. The van der Waals surface area contributed by atoms with E-state index in [0.29, 0.717) is 17.1 Å². The lowest BCUT2D eigenvalue weighted by Crippen LogP contribution is -2.06. The number of aromatic nitrogens is 2. The first-order valence-electron chi connectivity index (χ1n) is 7.68. The van der Waals surface area contributed by atoms with Crippen molar-refractivity contribution in [3.05, 3.63) is 53.6 Å². The molecule has 6 nitrogen and oxygen atoms in total. The molecule has 0 saturated heterocycles. The van der Waals surface area contributed by atoms with Gasteiger partial charge >= 0.3 is 0 Å². The summed E-state index contributed by atoms with van der Waals surface area (Å²) in [6.45, 7) is 0. The second kappa shape index (κ2) is 8.17. The summed E-state index contributed by atoms with van der Waals surface area (Å²) in [6, 6.07) is 7.81. The third-order valence-electron chi connectivity index (χ3n) is 3.60. The molecule has 0 saturated carbocycles. The number of carbonyl (C=O) groups is 1. The Bertz CT molecular complexity index is 978. The molecule has 0 bridgehead atoms. The normalized spacial score (nSPS) is 10.7. The quantitative estimate of drug-likeness (QED) is 0.444. The van der Waals surface area contributed by atoms with Gasteiger partial charge in [0, 0.05) is 6.07 Å². The van der Waals surface area contributed by atoms with Crippen molar-refractivity contribution in [2.75, 3.05) is 20.0 Å². The van der Waals surface area contributed by atoms with Crippen LogP contribution in [0, 0.1) is 11.6 Å². The molecule has 2 aromatic carbocycles. The fourth-order valence-corrected chi connectivity index (χ4v) is 2.91. The maximum Gasteiger partial charge on any atom is 0.277 e. The van der Waals surface area contributed by atoms with Crippen LogP contribution in [-0.2, 0) is 0 Å². The zero-order chi connectivity index (χ0) is 19.4. The number of carbonyl (C=O) groups excluding carboxylic acids is 1. The van der Waals surface area contributed by atoms with Crippen LogP contribution in [0.3, 0.4) is 0 Å². The van der Waals surface area contributed by atoms with Crippen LogP contribution < -0.4 is 9.47 Å². The van der Waals surface area contributed by atoms with Gasteiger partial charge in [0.25, 0.3) is 11.1 Å². The summed E-state index contributed by atoms with van der Waals surface area (Å²) < 4.78 is 42.8. The maximum atomic E-state index is 13.6. The number of thioether (sulfide) groups is 1. The standard InChI is InChI=1S/C18H14F2N2O4S/c1-24-11-4-5-12(16(8-11)25-2)17-21-22-18(26-17)27-9-15(23)13-7-10(19)3-6-14(13)20/h3-8H,9H2,1-2H3. The molecule has 9 heteroatoms. The highest BCUT2D eigenvalue weighted by atomic mass is 32.2. The van der Waals surface area contributed by atoms with Crippen LogP contribution in [0.15, 0.2) is 46.0 Å². The van der Waals surface area contributed by atoms with E-state index in [9.17, 15) is 13.6 Å². The van der Waals surface area contributed by atoms with Crippen LogP contribution in [0.1, 0.15) is 10.4 Å². The zero-order valence-corrected chi connectivity index (χ0v) is 15.2. The van der Waals surface area contributed by atoms with Crippen molar-refractivity contribution in [3.63, 3.8) is 0 Å². The molecular weight excluding hydrogens is 378 g/mol. The van der Waals surface area contributed by atoms with Crippen LogP contribution in [0.2, 0.25) is 0 Å². The van der Waals surface area contributed by atoms with Gasteiger partial charge in [-0.15, -0.1) is 10.2 Å². The van der Waals surface area contributed by atoms with Crippen LogP contribution in [-0.4, -0.2) is 36.0 Å². The largest absolute Gasteiger partial charge is 0.497 e. The van der Waals surface area contributed by atoms with Crippen LogP contribution in [0.4, 0.5) is 8.78 Å². The highest BCUT2D eigenvalue weighted by Gasteiger charge is 2.18. The van der Waals surface area contributed by atoms with E-state index in [4.69, 9.17) is 13.9 Å². The smallest absolute Gasteiger partial charge is 0.277 e. The minimum atomic E-state index is -0.781. The first kappa shape index (κ1) is 18.8. The van der Waals surface area contributed by atoms with Crippen molar-refractivity contribution in [3.8, 4) is 23.0 Å². The third-order valence-corrected chi connectivity index (χ3v) is 4.42. The van der Waals surface area contributed by atoms with Crippen molar-refractivity contribution in [1.82, 2.24) is 10.2 Å². The highest BCUT2D eigenvalue weighted by Crippen LogP contribution is 2.33. The number of nitrogens with zero attached hydrogens (tertiary/aromatic N) is 2. The monoisotopic (exact) mass is 392 g/mol. The predicted octanol–water partition coefficient (Wildman–Crippen LogP) is 4.01. The molecule has 0 atom stereocenters. The second-order valence-corrected chi connectivity index (χ2v) is 6.20. The summed E-state index contributed by atoms with van der Waals surface area (Å²) >= 11 is 0.930. The van der Waals surface area contributed by atoms with Gasteiger partial charge in [-0.1, -0.05) is 11.8 Å². The Morgan fingerprint density at radius 1 is 1.11 bits per heavy atom. The van der Waals surface area contributed by atoms with Gasteiger partial charge in [-0.3, -0.25) is 4.79 Å². The minimum Gasteiger partial charge on any atom is -0.497 e. The van der Waals surface area contributed by atoms with Gasteiger partial charge in [-0.05, 0) is 30.3 Å². The van der Waals surface area contributed by atoms with Gasteiger partial charge in [0.1, 0.15) is 23.1 Å². The molecule has 27 heavy (non-hydrogen) atoms. The van der Waals surface area contributed by atoms with E-state index >= 15 is 0 Å². The van der Waals surface area contributed by atoms with Gasteiger partial charge in [0.15, 0.2) is 5.78 Å².